The molecule has 0 aliphatic carbocycles. The standard InChI is InChI=1S/C25H22P2.2C16H9.Ag.Au/c1-5-13-22(14-6-1)26(23-15-7-2-8-16-23)21-27(24-17-9-3-10-18-24)25-19-11-4-12-20-25;1-2-14-15-9-5-3-7-12(15)11-13-8-4-6-10-16(13)14;1-2-12-11-13-7-3-4-9-15(13)16-10-6-5-8-14(12)16;;/h1-20H,21H2;2*3-11H;;/q;2*-1;2*+1/p+2. The van der Waals surface area contributed by atoms with Crippen molar-refractivity contribution >= 4 is 80.2 Å². The van der Waals surface area contributed by atoms with E-state index in [0.29, 0.717) is 0 Å². The predicted octanol–water partition coefficient (Wildman–Crippen LogP) is 12.5. The monoisotopic (exact) mass is 1090 g/mol. The van der Waals surface area contributed by atoms with Crippen LogP contribution in [0.2, 0.25) is 0 Å². The summed E-state index contributed by atoms with van der Waals surface area (Å²) >= 11 is 0. The Morgan fingerprint density at radius 1 is 0.328 bits per heavy atom. The summed E-state index contributed by atoms with van der Waals surface area (Å²) in [6, 6.07) is 81.3. The third-order valence-corrected chi connectivity index (χ3v) is 17.6. The molecule has 10 aromatic carbocycles. The van der Waals surface area contributed by atoms with Gasteiger partial charge in [0.05, 0.1) is 0 Å². The van der Waals surface area contributed by atoms with Gasteiger partial charge in [-0.1, -0.05) is 186 Å². The van der Waals surface area contributed by atoms with Crippen LogP contribution in [0.5, 0.6) is 0 Å². The number of hydrogen-bond acceptors (Lipinski definition) is 0. The Labute approximate surface area is 394 Å². The van der Waals surface area contributed by atoms with Gasteiger partial charge in [-0.15, -0.1) is 17.2 Å². The van der Waals surface area contributed by atoms with Crippen molar-refractivity contribution in [2.24, 2.45) is 0 Å². The summed E-state index contributed by atoms with van der Waals surface area (Å²) in [4.78, 5) is 0. The molecule has 0 aromatic heterocycles. The van der Waals surface area contributed by atoms with Crippen LogP contribution in [-0.4, -0.2) is 5.90 Å². The van der Waals surface area contributed by atoms with Crippen LogP contribution in [0.4, 0.5) is 0 Å². The number of fused-ring (bicyclic) bond motifs is 5. The quantitative estimate of drug-likeness (QED) is 0.0389. The molecule has 10 aromatic rings. The largest absolute Gasteiger partial charge is 1.00 e. The Balaban J connectivity index is 0.000000159. The third kappa shape index (κ3) is 10.8. The molecule has 0 saturated heterocycles. The Hall–Kier alpha value is -5.30. The van der Waals surface area contributed by atoms with Gasteiger partial charge in [0.25, 0.3) is 0 Å². The maximum Gasteiger partial charge on any atom is 1.00 e. The summed E-state index contributed by atoms with van der Waals surface area (Å²) in [7, 11) is -1.69. The maximum atomic E-state index is 7.46. The topological polar surface area (TPSA) is 0 Å². The van der Waals surface area contributed by atoms with Gasteiger partial charge in [0.2, 0.25) is 0 Å². The van der Waals surface area contributed by atoms with Gasteiger partial charge in [0, 0.05) is 0 Å². The van der Waals surface area contributed by atoms with Crippen molar-refractivity contribution in [3.05, 3.63) is 254 Å². The first kappa shape index (κ1) is 45.2. The van der Waals surface area contributed by atoms with Crippen LogP contribution >= 0.6 is 15.8 Å². The summed E-state index contributed by atoms with van der Waals surface area (Å²) in [5.74, 6) is 6.32. The van der Waals surface area contributed by atoms with Gasteiger partial charge in [-0.05, 0) is 81.5 Å². The summed E-state index contributed by atoms with van der Waals surface area (Å²) in [5, 5.41) is 15.2. The first-order chi connectivity index (χ1) is 29.2. The predicted molar refractivity (Wildman–Crippen MR) is 261 cm³/mol. The van der Waals surface area contributed by atoms with Gasteiger partial charge in [-0.25, -0.2) is 0 Å². The van der Waals surface area contributed by atoms with Crippen LogP contribution in [0.25, 0.3) is 43.1 Å². The SMILES string of the molecule is [Ag+].[Au+].[C-]#Cc1c2ccccc2cc2ccccc12.[C-]#Cc1cc2ccccc2c2ccccc12.c1ccc([PH+](C[PH+](c2ccccc2)c2ccccc2)c2ccccc2)cc1. The molecule has 0 heterocycles. The molecule has 0 bridgehead atoms. The smallest absolute Gasteiger partial charge is 0.366 e. The van der Waals surface area contributed by atoms with Crippen molar-refractivity contribution < 1.29 is 44.8 Å². The molecule has 0 aliphatic rings. The average Bonchev–Trinajstić information content (AvgIpc) is 3.32. The number of rotatable bonds is 6. The van der Waals surface area contributed by atoms with Gasteiger partial charge in [0.15, 0.2) is 5.90 Å². The molecule has 0 fully saturated rings. The van der Waals surface area contributed by atoms with Crippen LogP contribution < -0.4 is 21.2 Å². The van der Waals surface area contributed by atoms with E-state index in [1.165, 1.54) is 37.9 Å². The second-order valence-corrected chi connectivity index (χ2v) is 19.9. The minimum atomic E-state index is -0.847. The van der Waals surface area contributed by atoms with Gasteiger partial charge >= 0.3 is 44.8 Å². The fourth-order valence-corrected chi connectivity index (χ4v) is 15.5. The Morgan fingerprint density at radius 2 is 0.639 bits per heavy atom. The molecular formula is C57H42AgAuP2+2. The van der Waals surface area contributed by atoms with Crippen LogP contribution in [0.3, 0.4) is 0 Å². The minimum Gasteiger partial charge on any atom is -0.366 e. The molecule has 0 saturated carbocycles. The van der Waals surface area contributed by atoms with Crippen LogP contribution in [0.1, 0.15) is 11.1 Å². The van der Waals surface area contributed by atoms with E-state index < -0.39 is 15.8 Å². The summed E-state index contributed by atoms with van der Waals surface area (Å²) in [5.41, 5.74) is 1.74. The zero-order chi connectivity index (χ0) is 40.2. The molecule has 10 rings (SSSR count). The summed E-state index contributed by atoms with van der Waals surface area (Å²) in [6.07, 6.45) is 14.8. The van der Waals surface area contributed by atoms with Crippen molar-refractivity contribution in [3.63, 3.8) is 0 Å². The zero-order valence-corrected chi connectivity index (χ0v) is 38.9. The van der Waals surface area contributed by atoms with Crippen molar-refractivity contribution in [1.82, 2.24) is 0 Å². The van der Waals surface area contributed by atoms with E-state index in [1.807, 2.05) is 72.8 Å². The van der Waals surface area contributed by atoms with E-state index in [1.54, 1.807) is 0 Å². The van der Waals surface area contributed by atoms with E-state index in [9.17, 15) is 0 Å². The van der Waals surface area contributed by atoms with E-state index in [2.05, 4.69) is 170 Å². The molecule has 0 aliphatic heterocycles. The first-order valence-corrected chi connectivity index (χ1v) is 23.2. The number of benzene rings is 10. The first-order valence-electron chi connectivity index (χ1n) is 19.8. The normalized spacial score (nSPS) is 10.4. The Bertz CT molecular complexity index is 2820. The second kappa shape index (κ2) is 22.5. The molecule has 4 heteroatoms. The Kier molecular flexibility index (Phi) is 16.7. The van der Waals surface area contributed by atoms with E-state index in [4.69, 9.17) is 12.8 Å². The van der Waals surface area contributed by atoms with Crippen molar-refractivity contribution in [2.75, 3.05) is 5.90 Å². The zero-order valence-electron chi connectivity index (χ0n) is 33.2. The third-order valence-electron chi connectivity index (χ3n) is 10.6. The minimum absolute atomic E-state index is 0. The van der Waals surface area contributed by atoms with E-state index >= 15 is 0 Å². The van der Waals surface area contributed by atoms with E-state index in [-0.39, 0.29) is 44.8 Å². The maximum absolute atomic E-state index is 7.46. The average molecular weight is 1090 g/mol. The van der Waals surface area contributed by atoms with Crippen molar-refractivity contribution in [1.29, 1.82) is 0 Å². The fourth-order valence-electron chi connectivity index (χ4n) is 7.78. The van der Waals surface area contributed by atoms with Crippen LogP contribution in [-0.2, 0) is 44.8 Å². The molecule has 300 valence electrons. The second-order valence-electron chi connectivity index (χ2n) is 14.2. The van der Waals surface area contributed by atoms with Gasteiger partial charge < -0.3 is 12.8 Å². The van der Waals surface area contributed by atoms with Crippen molar-refractivity contribution in [3.8, 4) is 11.8 Å². The van der Waals surface area contributed by atoms with Gasteiger partial charge in [0.1, 0.15) is 37.1 Å². The molecule has 0 spiro atoms. The van der Waals surface area contributed by atoms with Crippen LogP contribution in [0.15, 0.2) is 231 Å². The van der Waals surface area contributed by atoms with Gasteiger partial charge in [-0.3, -0.25) is 11.8 Å². The summed E-state index contributed by atoms with van der Waals surface area (Å²) in [6.45, 7) is 0. The fraction of sp³-hybridized carbons (Fsp3) is 0.0175. The molecule has 0 N–H and O–H groups in total. The Morgan fingerprint density at radius 3 is 1.02 bits per heavy atom. The van der Waals surface area contributed by atoms with Gasteiger partial charge in [-0.2, -0.15) is 0 Å². The number of hydrogen-bond donors (Lipinski definition) is 0. The molecule has 0 unspecified atom stereocenters. The van der Waals surface area contributed by atoms with Crippen LogP contribution in [0, 0.1) is 24.7 Å². The van der Waals surface area contributed by atoms with E-state index in [0.717, 1.165) is 43.4 Å². The molecule has 0 radical (unpaired) electrons. The molecular weight excluding hydrogens is 1050 g/mol. The molecule has 0 nitrogen and oxygen atoms in total. The van der Waals surface area contributed by atoms with Crippen molar-refractivity contribution in [2.45, 2.75) is 0 Å². The molecule has 0 atom stereocenters. The molecule has 0 amide bonds. The summed E-state index contributed by atoms with van der Waals surface area (Å²) < 4.78 is 0. The molecule has 61 heavy (non-hydrogen) atoms.